The van der Waals surface area contributed by atoms with Crippen molar-refractivity contribution in [2.24, 2.45) is 11.5 Å². The van der Waals surface area contributed by atoms with Crippen LogP contribution in [0.5, 0.6) is 0 Å². The van der Waals surface area contributed by atoms with Crippen LogP contribution in [0.1, 0.15) is 41.4 Å². The van der Waals surface area contributed by atoms with E-state index in [2.05, 4.69) is 0 Å². The smallest absolute Gasteiger partial charge is 0.336 e. The van der Waals surface area contributed by atoms with Crippen molar-refractivity contribution in [3.63, 3.8) is 0 Å². The fourth-order valence-corrected chi connectivity index (χ4v) is 2.23. The minimum absolute atomic E-state index is 0.0631. The van der Waals surface area contributed by atoms with E-state index in [1.807, 2.05) is 0 Å². The van der Waals surface area contributed by atoms with Gasteiger partial charge in [-0.05, 0) is 35.4 Å². The summed E-state index contributed by atoms with van der Waals surface area (Å²) in [4.78, 5) is 45.1. The Kier molecular flexibility index (Phi) is 4.32. The summed E-state index contributed by atoms with van der Waals surface area (Å²) < 4.78 is 0. The molecule has 0 spiro atoms. The molecule has 2 amide bonds. The van der Waals surface area contributed by atoms with Crippen LogP contribution in [0.2, 0.25) is 0 Å². The SMILES string of the molecule is NC(=O)c1ccc(-c2ccc(C(=O)O)c(C(=O)O)c2)cc1C(N)=O. The second-order valence-corrected chi connectivity index (χ2v) is 4.86. The Balaban J connectivity index is 2.64. The van der Waals surface area contributed by atoms with Gasteiger partial charge in [-0.2, -0.15) is 0 Å². The van der Waals surface area contributed by atoms with Gasteiger partial charge in [-0.3, -0.25) is 9.59 Å². The number of hydrogen-bond acceptors (Lipinski definition) is 4. The third-order valence-electron chi connectivity index (χ3n) is 3.36. The Hall–Kier alpha value is -3.68. The summed E-state index contributed by atoms with van der Waals surface area (Å²) in [7, 11) is 0. The molecule has 24 heavy (non-hydrogen) atoms. The summed E-state index contributed by atoms with van der Waals surface area (Å²) in [5.74, 6) is -4.48. The van der Waals surface area contributed by atoms with Gasteiger partial charge in [-0.15, -0.1) is 0 Å². The van der Waals surface area contributed by atoms with Gasteiger partial charge in [0.2, 0.25) is 11.8 Å². The number of nitrogens with two attached hydrogens (primary N) is 2. The highest BCUT2D eigenvalue weighted by Crippen LogP contribution is 2.25. The number of amides is 2. The number of carbonyl (C=O) groups is 4. The molecule has 0 saturated carbocycles. The number of carbonyl (C=O) groups excluding carboxylic acids is 2. The van der Waals surface area contributed by atoms with Gasteiger partial charge in [0.1, 0.15) is 0 Å². The maximum Gasteiger partial charge on any atom is 0.336 e. The van der Waals surface area contributed by atoms with E-state index in [1.165, 1.54) is 24.3 Å². The average Bonchev–Trinajstić information content (AvgIpc) is 2.53. The molecule has 0 aromatic heterocycles. The maximum absolute atomic E-state index is 11.5. The van der Waals surface area contributed by atoms with Crippen LogP contribution in [0, 0.1) is 0 Å². The van der Waals surface area contributed by atoms with Gasteiger partial charge in [-0.1, -0.05) is 12.1 Å². The largest absolute Gasteiger partial charge is 0.478 e. The first kappa shape index (κ1) is 16.7. The van der Waals surface area contributed by atoms with Crippen LogP contribution in [0.3, 0.4) is 0 Å². The number of benzene rings is 2. The van der Waals surface area contributed by atoms with Gasteiger partial charge in [0, 0.05) is 0 Å². The number of hydrogen-bond donors (Lipinski definition) is 4. The number of rotatable bonds is 5. The van der Waals surface area contributed by atoms with Crippen molar-refractivity contribution in [2.75, 3.05) is 0 Å². The Morgan fingerprint density at radius 3 is 1.46 bits per heavy atom. The lowest BCUT2D eigenvalue weighted by molar-refractivity contribution is 0.0651. The van der Waals surface area contributed by atoms with Gasteiger partial charge >= 0.3 is 11.9 Å². The van der Waals surface area contributed by atoms with Crippen molar-refractivity contribution >= 4 is 23.8 Å². The summed E-state index contributed by atoms with van der Waals surface area (Å²) in [6.45, 7) is 0. The predicted octanol–water partition coefficient (Wildman–Crippen LogP) is 0.948. The zero-order valence-corrected chi connectivity index (χ0v) is 12.1. The van der Waals surface area contributed by atoms with Gasteiger partial charge < -0.3 is 21.7 Å². The molecule has 2 aromatic rings. The summed E-state index contributed by atoms with van der Waals surface area (Å²) in [5, 5.41) is 18.2. The van der Waals surface area contributed by atoms with Crippen LogP contribution >= 0.6 is 0 Å². The Labute approximate surface area is 135 Å². The van der Waals surface area contributed by atoms with E-state index in [4.69, 9.17) is 21.7 Å². The zero-order valence-electron chi connectivity index (χ0n) is 12.1. The van der Waals surface area contributed by atoms with E-state index < -0.39 is 29.3 Å². The molecule has 0 atom stereocenters. The molecule has 0 fully saturated rings. The summed E-state index contributed by atoms with van der Waals surface area (Å²) >= 11 is 0. The molecular formula is C16H12N2O6. The van der Waals surface area contributed by atoms with E-state index in [-0.39, 0.29) is 16.7 Å². The summed E-state index contributed by atoms with van der Waals surface area (Å²) in [5.41, 5.74) is 10.2. The number of aromatic carboxylic acids is 2. The van der Waals surface area contributed by atoms with Crippen molar-refractivity contribution < 1.29 is 29.4 Å². The first-order chi connectivity index (χ1) is 11.2. The molecule has 122 valence electrons. The van der Waals surface area contributed by atoms with Crippen molar-refractivity contribution in [3.8, 4) is 11.1 Å². The van der Waals surface area contributed by atoms with E-state index >= 15 is 0 Å². The molecule has 0 aliphatic heterocycles. The fraction of sp³-hybridized carbons (Fsp3) is 0. The van der Waals surface area contributed by atoms with Crippen LogP contribution in [0.25, 0.3) is 11.1 Å². The van der Waals surface area contributed by atoms with E-state index in [0.29, 0.717) is 11.1 Å². The molecular weight excluding hydrogens is 316 g/mol. The van der Waals surface area contributed by atoms with Crippen LogP contribution in [-0.4, -0.2) is 34.0 Å². The molecule has 0 radical (unpaired) electrons. The van der Waals surface area contributed by atoms with E-state index in [1.54, 1.807) is 0 Å². The van der Waals surface area contributed by atoms with Crippen LogP contribution < -0.4 is 11.5 Å². The Morgan fingerprint density at radius 2 is 1.04 bits per heavy atom. The molecule has 2 rings (SSSR count). The Bertz CT molecular complexity index is 815. The van der Waals surface area contributed by atoms with Crippen molar-refractivity contribution in [3.05, 3.63) is 58.7 Å². The fourth-order valence-electron chi connectivity index (χ4n) is 2.23. The van der Waals surface area contributed by atoms with Crippen LogP contribution in [-0.2, 0) is 0 Å². The monoisotopic (exact) mass is 328 g/mol. The molecule has 0 aliphatic carbocycles. The van der Waals surface area contributed by atoms with Crippen LogP contribution in [0.4, 0.5) is 0 Å². The molecule has 0 bridgehead atoms. The molecule has 8 nitrogen and oxygen atoms in total. The summed E-state index contributed by atoms with van der Waals surface area (Å²) in [6.07, 6.45) is 0. The first-order valence-electron chi connectivity index (χ1n) is 6.57. The topological polar surface area (TPSA) is 161 Å². The third kappa shape index (κ3) is 3.07. The molecule has 0 heterocycles. The quantitative estimate of drug-likeness (QED) is 0.639. The lowest BCUT2D eigenvalue weighted by Crippen LogP contribution is -2.20. The highest BCUT2D eigenvalue weighted by atomic mass is 16.4. The normalized spacial score (nSPS) is 10.2. The Morgan fingerprint density at radius 1 is 0.625 bits per heavy atom. The highest BCUT2D eigenvalue weighted by Gasteiger charge is 2.18. The van der Waals surface area contributed by atoms with E-state index in [0.717, 1.165) is 12.1 Å². The van der Waals surface area contributed by atoms with Gasteiger partial charge in [0.25, 0.3) is 0 Å². The zero-order chi connectivity index (χ0) is 18.0. The van der Waals surface area contributed by atoms with Crippen LogP contribution in [0.15, 0.2) is 36.4 Å². The van der Waals surface area contributed by atoms with E-state index in [9.17, 15) is 19.2 Å². The van der Waals surface area contributed by atoms with Gasteiger partial charge in [-0.25, -0.2) is 9.59 Å². The van der Waals surface area contributed by atoms with Crippen molar-refractivity contribution in [2.45, 2.75) is 0 Å². The molecule has 0 unspecified atom stereocenters. The molecule has 0 aliphatic rings. The maximum atomic E-state index is 11.5. The minimum atomic E-state index is -1.40. The number of carboxylic acid groups (broad SMARTS) is 2. The molecule has 0 saturated heterocycles. The predicted molar refractivity (Wildman–Crippen MR) is 82.8 cm³/mol. The lowest BCUT2D eigenvalue weighted by Gasteiger charge is -2.09. The molecule has 6 N–H and O–H groups in total. The second kappa shape index (κ2) is 6.21. The molecule has 2 aromatic carbocycles. The van der Waals surface area contributed by atoms with Crippen molar-refractivity contribution in [1.29, 1.82) is 0 Å². The highest BCUT2D eigenvalue weighted by molar-refractivity contribution is 6.07. The van der Waals surface area contributed by atoms with Gasteiger partial charge in [0.05, 0.1) is 22.3 Å². The lowest BCUT2D eigenvalue weighted by atomic mass is 9.95. The summed E-state index contributed by atoms with van der Waals surface area (Å²) in [6, 6.07) is 7.74. The minimum Gasteiger partial charge on any atom is -0.478 e. The van der Waals surface area contributed by atoms with Crippen molar-refractivity contribution in [1.82, 2.24) is 0 Å². The average molecular weight is 328 g/mol. The third-order valence-corrected chi connectivity index (χ3v) is 3.36. The van der Waals surface area contributed by atoms with Gasteiger partial charge in [0.15, 0.2) is 0 Å². The number of primary amides is 2. The standard InChI is InChI=1S/C16H12N2O6/c17-13(19)9-3-1-7(5-11(9)14(18)20)8-2-4-10(15(21)22)12(6-8)16(23)24/h1-6H,(H2,17,19)(H2,18,20)(H,21,22)(H,23,24). The number of carboxylic acids is 2. The second-order valence-electron chi connectivity index (χ2n) is 4.86. The molecule has 8 heteroatoms. The first-order valence-corrected chi connectivity index (χ1v) is 6.57.